The first-order valence-corrected chi connectivity index (χ1v) is 8.80. The monoisotopic (exact) mass is 304 g/mol. The van der Waals surface area contributed by atoms with Crippen LogP contribution in [0.1, 0.15) is 43.2 Å². The predicted molar refractivity (Wildman–Crippen MR) is 88.1 cm³/mol. The van der Waals surface area contributed by atoms with Gasteiger partial charge in [0.25, 0.3) is 0 Å². The lowest BCUT2D eigenvalue weighted by Gasteiger charge is -2.29. The van der Waals surface area contributed by atoms with Crippen LogP contribution in [0.5, 0.6) is 5.75 Å². The van der Waals surface area contributed by atoms with E-state index in [1.807, 2.05) is 6.07 Å². The summed E-state index contributed by atoms with van der Waals surface area (Å²) in [6.07, 6.45) is 7.31. The minimum atomic E-state index is 0.353. The van der Waals surface area contributed by atoms with Crippen molar-refractivity contribution in [1.82, 2.24) is 4.90 Å². The minimum Gasteiger partial charge on any atom is -0.634 e. The maximum Gasteiger partial charge on any atom is 0.123 e. The second-order valence-corrected chi connectivity index (χ2v) is 6.57. The summed E-state index contributed by atoms with van der Waals surface area (Å²) in [5.41, 5.74) is 2.43. The second kappa shape index (κ2) is 7.95. The van der Waals surface area contributed by atoms with Crippen LogP contribution in [0.3, 0.4) is 0 Å². The van der Waals surface area contributed by atoms with Gasteiger partial charge in [-0.15, -0.1) is 0 Å². The molecule has 1 fully saturated rings. The standard InChI is InChI=1S/C18H28N2O2/c21-20-13-9-17-16(15-20)7-6-8-18(17)22-14-5-4-12-19-10-2-1-3-11-19/h6-8,20H,1-5,9-15H2. The van der Waals surface area contributed by atoms with Gasteiger partial charge in [-0.2, -0.15) is 0 Å². The normalized spacial score (nSPS) is 22.3. The van der Waals surface area contributed by atoms with Crippen molar-refractivity contribution < 1.29 is 9.80 Å². The molecule has 4 nitrogen and oxygen atoms in total. The third-order valence-corrected chi connectivity index (χ3v) is 4.85. The van der Waals surface area contributed by atoms with Gasteiger partial charge in [0.15, 0.2) is 0 Å². The number of hydrogen-bond donors (Lipinski definition) is 1. The molecular weight excluding hydrogens is 276 g/mol. The van der Waals surface area contributed by atoms with Crippen LogP contribution in [0.2, 0.25) is 0 Å². The van der Waals surface area contributed by atoms with Gasteiger partial charge in [0.2, 0.25) is 0 Å². The summed E-state index contributed by atoms with van der Waals surface area (Å²) < 4.78 is 6.00. The van der Waals surface area contributed by atoms with Crippen LogP contribution < -0.4 is 9.80 Å². The SMILES string of the molecule is [O-][NH+]1CCc2c(cccc2OCCCCN2CCCCC2)C1. The van der Waals surface area contributed by atoms with E-state index >= 15 is 0 Å². The quantitative estimate of drug-likeness (QED) is 0.643. The number of nitrogens with one attached hydrogen (secondary N) is 1. The van der Waals surface area contributed by atoms with Gasteiger partial charge in [-0.3, -0.25) is 0 Å². The fraction of sp³-hybridized carbons (Fsp3) is 0.667. The summed E-state index contributed by atoms with van der Waals surface area (Å²) in [7, 11) is 0. The van der Waals surface area contributed by atoms with Crippen LogP contribution in [0.15, 0.2) is 18.2 Å². The van der Waals surface area contributed by atoms with E-state index in [9.17, 15) is 5.21 Å². The summed E-state index contributed by atoms with van der Waals surface area (Å²) >= 11 is 0. The maximum absolute atomic E-state index is 11.5. The van der Waals surface area contributed by atoms with E-state index < -0.39 is 0 Å². The van der Waals surface area contributed by atoms with Crippen molar-refractivity contribution >= 4 is 0 Å². The minimum absolute atomic E-state index is 0.353. The Bertz CT molecular complexity index is 472. The van der Waals surface area contributed by atoms with Crippen molar-refractivity contribution in [3.8, 4) is 5.75 Å². The van der Waals surface area contributed by atoms with Crippen molar-refractivity contribution in [3.05, 3.63) is 34.5 Å². The second-order valence-electron chi connectivity index (χ2n) is 6.57. The van der Waals surface area contributed by atoms with E-state index in [-0.39, 0.29) is 0 Å². The molecule has 2 aliphatic heterocycles. The molecule has 1 unspecified atom stereocenters. The Labute approximate surface area is 133 Å². The number of likely N-dealkylation sites (tertiary alicyclic amines) is 1. The molecule has 0 radical (unpaired) electrons. The van der Waals surface area contributed by atoms with Crippen LogP contribution in [0, 0.1) is 5.21 Å². The first-order valence-electron chi connectivity index (χ1n) is 8.80. The molecular formula is C18H28N2O2. The predicted octanol–water partition coefficient (Wildman–Crippen LogP) is 1.77. The molecule has 1 atom stereocenters. The van der Waals surface area contributed by atoms with Gasteiger partial charge in [0, 0.05) is 17.5 Å². The molecule has 0 aromatic heterocycles. The van der Waals surface area contributed by atoms with Gasteiger partial charge in [-0.05, 0) is 51.4 Å². The molecule has 1 aromatic rings. The molecule has 0 bridgehead atoms. The van der Waals surface area contributed by atoms with Crippen molar-refractivity contribution in [2.45, 2.75) is 45.1 Å². The summed E-state index contributed by atoms with van der Waals surface area (Å²) in [5.74, 6) is 1.00. The number of ether oxygens (including phenoxy) is 1. The van der Waals surface area contributed by atoms with Crippen molar-refractivity contribution in [1.29, 1.82) is 0 Å². The first-order chi connectivity index (χ1) is 10.8. The molecule has 0 aliphatic carbocycles. The van der Waals surface area contributed by atoms with Crippen LogP contribution in [0.25, 0.3) is 0 Å². The van der Waals surface area contributed by atoms with Gasteiger partial charge in [0.05, 0.1) is 13.2 Å². The van der Waals surface area contributed by atoms with E-state index in [0.717, 1.165) is 25.2 Å². The zero-order valence-corrected chi connectivity index (χ0v) is 13.5. The Morgan fingerprint density at radius 1 is 1.14 bits per heavy atom. The molecule has 0 amide bonds. The van der Waals surface area contributed by atoms with Gasteiger partial charge in [-0.1, -0.05) is 18.6 Å². The molecule has 1 aromatic carbocycles. The van der Waals surface area contributed by atoms with Crippen LogP contribution in [0.4, 0.5) is 0 Å². The Kier molecular flexibility index (Phi) is 5.70. The molecule has 1 N–H and O–H groups in total. The van der Waals surface area contributed by atoms with Crippen molar-refractivity contribution in [3.63, 3.8) is 0 Å². The summed E-state index contributed by atoms with van der Waals surface area (Å²) in [6, 6.07) is 6.13. The number of quaternary nitrogens is 1. The number of hydrogen-bond acceptors (Lipinski definition) is 3. The third-order valence-electron chi connectivity index (χ3n) is 4.85. The highest BCUT2D eigenvalue weighted by atomic mass is 16.5. The molecule has 2 aliphatic rings. The number of unbranched alkanes of at least 4 members (excludes halogenated alkanes) is 1. The molecule has 4 heteroatoms. The fourth-order valence-corrected chi connectivity index (χ4v) is 3.56. The van der Waals surface area contributed by atoms with Gasteiger partial charge < -0.3 is 19.9 Å². The molecule has 0 spiro atoms. The number of fused-ring (bicyclic) bond motifs is 1. The summed E-state index contributed by atoms with van der Waals surface area (Å²) in [5, 5.41) is 11.9. The van der Waals surface area contributed by atoms with Crippen LogP contribution >= 0.6 is 0 Å². The first kappa shape index (κ1) is 15.8. The average Bonchev–Trinajstić information content (AvgIpc) is 2.55. The largest absolute Gasteiger partial charge is 0.634 e. The lowest BCUT2D eigenvalue weighted by atomic mass is 10.00. The molecule has 3 rings (SSSR count). The zero-order chi connectivity index (χ0) is 15.2. The van der Waals surface area contributed by atoms with E-state index in [1.165, 1.54) is 56.4 Å². The van der Waals surface area contributed by atoms with Crippen LogP contribution in [-0.2, 0) is 13.0 Å². The van der Waals surface area contributed by atoms with Crippen molar-refractivity contribution in [2.24, 2.45) is 0 Å². The topological polar surface area (TPSA) is 40.0 Å². The molecule has 2 heterocycles. The Morgan fingerprint density at radius 2 is 2.00 bits per heavy atom. The molecule has 1 saturated heterocycles. The number of rotatable bonds is 6. The Balaban J connectivity index is 1.41. The van der Waals surface area contributed by atoms with E-state index in [1.54, 1.807) is 0 Å². The highest BCUT2D eigenvalue weighted by molar-refractivity contribution is 5.40. The smallest absolute Gasteiger partial charge is 0.123 e. The lowest BCUT2D eigenvalue weighted by molar-refractivity contribution is -0.864. The Morgan fingerprint density at radius 3 is 2.86 bits per heavy atom. The number of benzene rings is 1. The average molecular weight is 304 g/mol. The highest BCUT2D eigenvalue weighted by Crippen LogP contribution is 2.24. The summed E-state index contributed by atoms with van der Waals surface area (Å²) in [4.78, 5) is 2.58. The lowest BCUT2D eigenvalue weighted by Crippen LogP contribution is -3.06. The zero-order valence-electron chi connectivity index (χ0n) is 13.5. The van der Waals surface area contributed by atoms with E-state index in [0.29, 0.717) is 18.2 Å². The maximum atomic E-state index is 11.5. The van der Waals surface area contributed by atoms with Gasteiger partial charge in [0.1, 0.15) is 12.3 Å². The van der Waals surface area contributed by atoms with E-state index in [4.69, 9.17) is 4.74 Å². The van der Waals surface area contributed by atoms with Gasteiger partial charge in [-0.25, -0.2) is 0 Å². The molecule has 122 valence electrons. The molecule has 0 saturated carbocycles. The third kappa shape index (κ3) is 4.22. The number of nitrogens with zero attached hydrogens (tertiary/aromatic N) is 1. The Hall–Kier alpha value is -1.10. The number of piperidine rings is 1. The van der Waals surface area contributed by atoms with Crippen molar-refractivity contribution in [2.75, 3.05) is 32.8 Å². The highest BCUT2D eigenvalue weighted by Gasteiger charge is 2.17. The van der Waals surface area contributed by atoms with Crippen LogP contribution in [-0.4, -0.2) is 37.7 Å². The molecule has 22 heavy (non-hydrogen) atoms. The summed E-state index contributed by atoms with van der Waals surface area (Å²) in [6.45, 7) is 5.81. The van der Waals surface area contributed by atoms with E-state index in [2.05, 4.69) is 17.0 Å². The number of hydroxylamine groups is 2. The van der Waals surface area contributed by atoms with Gasteiger partial charge >= 0.3 is 0 Å². The fourth-order valence-electron chi connectivity index (χ4n) is 3.56.